The van der Waals surface area contributed by atoms with E-state index < -0.39 is 0 Å². The minimum Gasteiger partial charge on any atom is -0.313 e. The van der Waals surface area contributed by atoms with Gasteiger partial charge in [-0.1, -0.05) is 46.6 Å². The molecule has 2 rings (SSSR count). The molecule has 0 aliphatic rings. The highest BCUT2D eigenvalue weighted by Crippen LogP contribution is 2.27. The largest absolute Gasteiger partial charge is 0.313 e. The maximum atomic E-state index is 6.43. The molecule has 20 heavy (non-hydrogen) atoms. The van der Waals surface area contributed by atoms with Gasteiger partial charge in [0, 0.05) is 24.0 Å². The van der Waals surface area contributed by atoms with Crippen LogP contribution in [0, 0.1) is 0 Å². The summed E-state index contributed by atoms with van der Waals surface area (Å²) in [4.78, 5) is 0. The molecule has 1 aromatic heterocycles. The molecule has 0 spiro atoms. The number of aryl methyl sites for hydroxylation is 2. The quantitative estimate of drug-likeness (QED) is 0.880. The van der Waals surface area contributed by atoms with Gasteiger partial charge in [-0.25, -0.2) is 0 Å². The maximum Gasteiger partial charge on any atom is 0.0850 e. The summed E-state index contributed by atoms with van der Waals surface area (Å²) in [6.07, 6.45) is 1.67. The van der Waals surface area contributed by atoms with Crippen LogP contribution in [0.3, 0.4) is 0 Å². The highest BCUT2D eigenvalue weighted by Gasteiger charge is 2.18. The number of nitrogens with zero attached hydrogens (tertiary/aromatic N) is 2. The van der Waals surface area contributed by atoms with Crippen LogP contribution in [0.1, 0.15) is 29.9 Å². The van der Waals surface area contributed by atoms with Crippen molar-refractivity contribution >= 4 is 27.5 Å². The number of benzene rings is 1. The second-order valence-electron chi connectivity index (χ2n) is 4.78. The molecule has 0 bridgehead atoms. The van der Waals surface area contributed by atoms with Gasteiger partial charge in [-0.2, -0.15) is 5.10 Å². The number of rotatable bonds is 5. The van der Waals surface area contributed by atoms with E-state index in [9.17, 15) is 0 Å². The number of likely N-dealkylation sites (N-methyl/N-ethyl adjacent to an activating group) is 1. The lowest BCUT2D eigenvalue weighted by Gasteiger charge is -2.17. The van der Waals surface area contributed by atoms with Crippen LogP contribution in [0.5, 0.6) is 0 Å². The molecule has 1 N–H and O–H groups in total. The van der Waals surface area contributed by atoms with E-state index in [1.165, 1.54) is 5.56 Å². The zero-order valence-electron chi connectivity index (χ0n) is 12.0. The molecule has 0 aliphatic carbocycles. The Bertz CT molecular complexity index is 595. The zero-order chi connectivity index (χ0) is 14.7. The van der Waals surface area contributed by atoms with Crippen LogP contribution in [-0.2, 0) is 19.9 Å². The van der Waals surface area contributed by atoms with Crippen molar-refractivity contribution in [2.24, 2.45) is 7.05 Å². The average molecular weight is 357 g/mol. The summed E-state index contributed by atoms with van der Waals surface area (Å²) in [7, 11) is 3.92. The van der Waals surface area contributed by atoms with Gasteiger partial charge in [0.1, 0.15) is 0 Å². The molecule has 0 saturated heterocycles. The van der Waals surface area contributed by atoms with Gasteiger partial charge in [0.15, 0.2) is 0 Å². The van der Waals surface area contributed by atoms with Crippen molar-refractivity contribution in [3.05, 3.63) is 50.7 Å². The third-order valence-electron chi connectivity index (χ3n) is 3.50. The molecule has 1 atom stereocenters. The Labute approximate surface area is 133 Å². The Kier molecular flexibility index (Phi) is 5.24. The first-order chi connectivity index (χ1) is 9.56. The predicted octanol–water partition coefficient (Wildman–Crippen LogP) is 3.90. The Morgan fingerprint density at radius 2 is 2.20 bits per heavy atom. The molecule has 3 nitrogen and oxygen atoms in total. The van der Waals surface area contributed by atoms with E-state index in [4.69, 9.17) is 11.6 Å². The molecular weight excluding hydrogens is 338 g/mol. The number of nitrogens with one attached hydrogen (secondary N) is 1. The van der Waals surface area contributed by atoms with E-state index in [2.05, 4.69) is 45.4 Å². The van der Waals surface area contributed by atoms with Crippen LogP contribution in [-0.4, -0.2) is 16.8 Å². The number of hydrogen-bond donors (Lipinski definition) is 1. The molecule has 0 fully saturated rings. The Hall–Kier alpha value is -0.840. The van der Waals surface area contributed by atoms with Crippen molar-refractivity contribution < 1.29 is 0 Å². The molecule has 1 heterocycles. The first-order valence-corrected chi connectivity index (χ1v) is 7.86. The van der Waals surface area contributed by atoms with Gasteiger partial charge in [0.2, 0.25) is 0 Å². The maximum absolute atomic E-state index is 6.43. The van der Waals surface area contributed by atoms with Gasteiger partial charge >= 0.3 is 0 Å². The Balaban J connectivity index is 2.29. The highest BCUT2D eigenvalue weighted by atomic mass is 79.9. The molecule has 0 radical (unpaired) electrons. The van der Waals surface area contributed by atoms with Crippen molar-refractivity contribution in [2.45, 2.75) is 25.8 Å². The van der Waals surface area contributed by atoms with E-state index in [-0.39, 0.29) is 6.04 Å². The lowest BCUT2D eigenvalue weighted by atomic mass is 10.0. The SMILES string of the molecule is CCc1nn(C)c(CC(NC)c2cccc(Br)c2)c1Cl. The van der Waals surface area contributed by atoms with Gasteiger partial charge in [-0.3, -0.25) is 4.68 Å². The predicted molar refractivity (Wildman–Crippen MR) is 87.2 cm³/mol. The first kappa shape index (κ1) is 15.5. The van der Waals surface area contributed by atoms with E-state index >= 15 is 0 Å². The third-order valence-corrected chi connectivity index (χ3v) is 4.43. The smallest absolute Gasteiger partial charge is 0.0850 e. The Morgan fingerprint density at radius 1 is 1.45 bits per heavy atom. The molecule has 0 saturated carbocycles. The summed E-state index contributed by atoms with van der Waals surface area (Å²) in [6.45, 7) is 2.07. The van der Waals surface area contributed by atoms with Crippen LogP contribution in [0.25, 0.3) is 0 Å². The minimum atomic E-state index is 0.213. The monoisotopic (exact) mass is 355 g/mol. The van der Waals surface area contributed by atoms with Crippen molar-refractivity contribution in [3.63, 3.8) is 0 Å². The number of hydrogen-bond acceptors (Lipinski definition) is 2. The standard InChI is InChI=1S/C15H19BrClN3/c1-4-12-15(17)14(20(3)19-12)9-13(18-2)10-6-5-7-11(16)8-10/h5-8,13,18H,4,9H2,1-3H3. The molecular formula is C15H19BrClN3. The molecule has 108 valence electrons. The van der Waals surface area contributed by atoms with Crippen LogP contribution in [0.15, 0.2) is 28.7 Å². The Morgan fingerprint density at radius 3 is 2.75 bits per heavy atom. The van der Waals surface area contributed by atoms with Gasteiger partial charge in [0.05, 0.1) is 16.4 Å². The summed E-state index contributed by atoms with van der Waals surface area (Å²) < 4.78 is 2.98. The fourth-order valence-corrected chi connectivity index (χ4v) is 3.13. The van der Waals surface area contributed by atoms with Gasteiger partial charge in [0.25, 0.3) is 0 Å². The second-order valence-corrected chi connectivity index (χ2v) is 6.08. The molecule has 0 amide bonds. The van der Waals surface area contributed by atoms with Gasteiger partial charge in [-0.15, -0.1) is 0 Å². The highest BCUT2D eigenvalue weighted by molar-refractivity contribution is 9.10. The molecule has 1 aromatic carbocycles. The summed E-state index contributed by atoms with van der Waals surface area (Å²) in [5.41, 5.74) is 3.27. The number of aromatic nitrogens is 2. The van der Waals surface area contributed by atoms with Crippen LogP contribution < -0.4 is 5.32 Å². The molecule has 2 aromatic rings. The van der Waals surface area contributed by atoms with Crippen LogP contribution in [0.4, 0.5) is 0 Å². The van der Waals surface area contributed by atoms with Crippen LogP contribution >= 0.6 is 27.5 Å². The van der Waals surface area contributed by atoms with Crippen molar-refractivity contribution in [1.29, 1.82) is 0 Å². The van der Waals surface area contributed by atoms with E-state index in [0.29, 0.717) is 0 Å². The van der Waals surface area contributed by atoms with E-state index in [0.717, 1.165) is 33.7 Å². The van der Waals surface area contributed by atoms with Crippen LogP contribution in [0.2, 0.25) is 5.02 Å². The normalized spacial score (nSPS) is 12.7. The topological polar surface area (TPSA) is 29.9 Å². The van der Waals surface area contributed by atoms with E-state index in [1.807, 2.05) is 30.9 Å². The number of halogens is 2. The first-order valence-electron chi connectivity index (χ1n) is 6.69. The summed E-state index contributed by atoms with van der Waals surface area (Å²) in [6, 6.07) is 8.54. The lowest BCUT2D eigenvalue weighted by molar-refractivity contribution is 0.561. The van der Waals surface area contributed by atoms with Crippen molar-refractivity contribution in [2.75, 3.05) is 7.05 Å². The summed E-state index contributed by atoms with van der Waals surface area (Å²) in [5.74, 6) is 0. The zero-order valence-corrected chi connectivity index (χ0v) is 14.3. The fraction of sp³-hybridized carbons (Fsp3) is 0.400. The minimum absolute atomic E-state index is 0.213. The van der Waals surface area contributed by atoms with E-state index in [1.54, 1.807) is 0 Å². The van der Waals surface area contributed by atoms with Gasteiger partial charge < -0.3 is 5.32 Å². The molecule has 1 unspecified atom stereocenters. The molecule has 5 heteroatoms. The summed E-state index contributed by atoms with van der Waals surface area (Å²) >= 11 is 9.95. The van der Waals surface area contributed by atoms with Crippen molar-refractivity contribution in [3.8, 4) is 0 Å². The third kappa shape index (κ3) is 3.25. The van der Waals surface area contributed by atoms with Crippen molar-refractivity contribution in [1.82, 2.24) is 15.1 Å². The lowest BCUT2D eigenvalue weighted by Crippen LogP contribution is -2.20. The fourth-order valence-electron chi connectivity index (χ4n) is 2.34. The average Bonchev–Trinajstić information content (AvgIpc) is 2.71. The van der Waals surface area contributed by atoms with Gasteiger partial charge in [-0.05, 0) is 31.2 Å². The summed E-state index contributed by atoms with van der Waals surface area (Å²) in [5, 5.41) is 8.63. The molecule has 0 aliphatic heterocycles. The second kappa shape index (κ2) is 6.74.